The molecule has 0 aromatic rings. The van der Waals surface area contributed by atoms with E-state index >= 15 is 0 Å². The van der Waals surface area contributed by atoms with E-state index < -0.39 is 109 Å². The summed E-state index contributed by atoms with van der Waals surface area (Å²) in [7, 11) is 0. The minimum atomic E-state index is -2.74. The molecule has 0 atom stereocenters. The third-order valence-electron chi connectivity index (χ3n) is 3.86. The van der Waals surface area contributed by atoms with Gasteiger partial charge in [0.1, 0.15) is 0 Å². The molecule has 43 heavy (non-hydrogen) atoms. The molecule has 0 aliphatic rings. The van der Waals surface area contributed by atoms with Crippen molar-refractivity contribution in [3.05, 3.63) is 0 Å². The van der Waals surface area contributed by atoms with E-state index in [0.717, 1.165) is 0 Å². The number of hydrogen-bond acceptors (Lipinski definition) is 12. The van der Waals surface area contributed by atoms with Crippen LogP contribution in [0.5, 0.6) is 0 Å². The molecule has 0 rings (SSSR count). The molecule has 0 bridgehead atoms. The van der Waals surface area contributed by atoms with Crippen LogP contribution in [0.3, 0.4) is 0 Å². The number of rotatable bonds is 15. The van der Waals surface area contributed by atoms with Crippen LogP contribution in [0.15, 0.2) is 0 Å². The molecule has 0 spiro atoms. The van der Waals surface area contributed by atoms with Gasteiger partial charge in [-0.1, -0.05) is 0 Å². The van der Waals surface area contributed by atoms with E-state index in [1.807, 2.05) is 0 Å². The Bertz CT molecular complexity index is 822. The van der Waals surface area contributed by atoms with Crippen molar-refractivity contribution in [1.82, 2.24) is 0 Å². The standard InChI is InChI=1S/3C6H8O7.3K.H2O.3H/c3*7-3(8)1-6(13,5(11)12)2-4(9)10;;;;;;;/h3*13H,1-2H2,(H,7,8)(H,9,10)(H,11,12);;;;1H2;;;. The van der Waals surface area contributed by atoms with Crippen molar-refractivity contribution in [1.29, 1.82) is 0 Å². The molecule has 0 fully saturated rings. The first kappa shape index (κ1) is 58.5. The van der Waals surface area contributed by atoms with E-state index in [1.165, 1.54) is 0 Å². The van der Waals surface area contributed by atoms with Crippen LogP contribution in [0.25, 0.3) is 0 Å². The third kappa shape index (κ3) is 29.1. The van der Waals surface area contributed by atoms with E-state index in [2.05, 4.69) is 0 Å². The van der Waals surface area contributed by atoms with Gasteiger partial charge in [0.2, 0.25) is 0 Å². The van der Waals surface area contributed by atoms with Crippen molar-refractivity contribution in [3.63, 3.8) is 0 Å². The van der Waals surface area contributed by atoms with E-state index in [-0.39, 0.29) is 160 Å². The predicted octanol–water partition coefficient (Wildman–Crippen LogP) is -6.52. The normalized spacial score (nSPS) is 9.84. The van der Waals surface area contributed by atoms with Gasteiger partial charge >= 0.3 is 208 Å². The Morgan fingerprint density at radius 3 is 0.465 bits per heavy atom. The van der Waals surface area contributed by atoms with Gasteiger partial charge in [-0.2, -0.15) is 0 Å². The van der Waals surface area contributed by atoms with E-state index in [4.69, 9.17) is 61.3 Å². The summed E-state index contributed by atoms with van der Waals surface area (Å²) in [5.41, 5.74) is -8.22. The summed E-state index contributed by atoms with van der Waals surface area (Å²) in [6.45, 7) is 0. The van der Waals surface area contributed by atoms with Gasteiger partial charge in [0, 0.05) is 0 Å². The second-order valence-electron chi connectivity index (χ2n) is 7.43. The second-order valence-corrected chi connectivity index (χ2v) is 7.43. The number of hydrogen-bond donors (Lipinski definition) is 12. The Hall–Kier alpha value is -0.0209. The molecule has 236 valence electrons. The van der Waals surface area contributed by atoms with E-state index in [1.54, 1.807) is 0 Å². The molecule has 14 N–H and O–H groups in total. The molecule has 0 radical (unpaired) electrons. The summed E-state index contributed by atoms with van der Waals surface area (Å²) in [4.78, 5) is 91.5. The van der Waals surface area contributed by atoms with Gasteiger partial charge in [-0.05, 0) is 0 Å². The van der Waals surface area contributed by atoms with Crippen molar-refractivity contribution >= 4 is 208 Å². The van der Waals surface area contributed by atoms with Gasteiger partial charge in [0.15, 0.2) is 16.8 Å². The Kier molecular flexibility index (Phi) is 36.9. The number of aliphatic carboxylic acids is 9. The summed E-state index contributed by atoms with van der Waals surface area (Å²) in [6.07, 6.45) is -6.87. The average Bonchev–Trinajstić information content (AvgIpc) is 2.64. The molecule has 0 heterocycles. The van der Waals surface area contributed by atoms with Gasteiger partial charge in [-0.25, -0.2) is 14.4 Å². The van der Waals surface area contributed by atoms with Crippen LogP contribution in [0.2, 0.25) is 0 Å². The van der Waals surface area contributed by atoms with Crippen LogP contribution in [0.1, 0.15) is 38.5 Å². The summed E-state index contributed by atoms with van der Waals surface area (Å²) in [6, 6.07) is 0. The maximum absolute atomic E-state index is 10.3. The summed E-state index contributed by atoms with van der Waals surface area (Å²) in [5, 5.41) is 101. The number of carboxylic acid groups (broad SMARTS) is 9. The fourth-order valence-corrected chi connectivity index (χ4v) is 2.14. The van der Waals surface area contributed by atoms with Crippen LogP contribution in [0, 0.1) is 0 Å². The van der Waals surface area contributed by atoms with Gasteiger partial charge in [-0.15, -0.1) is 0 Å². The SMILES string of the molecule is O.O=C(O)CC(O)(CC(=O)O)C(=O)O.O=C(O)CC(O)(CC(=O)O)C(=O)O.O=C(O)CC(O)(CC(=O)O)C(=O)O.[KH].[KH].[KH]. The van der Waals surface area contributed by atoms with Gasteiger partial charge < -0.3 is 66.8 Å². The summed E-state index contributed by atoms with van der Waals surface area (Å²) in [5.74, 6) is -15.1. The van der Waals surface area contributed by atoms with Gasteiger partial charge in [0.25, 0.3) is 0 Å². The van der Waals surface area contributed by atoms with Crippen molar-refractivity contribution < 1.29 is 110 Å². The molecular weight excluding hydrogens is 685 g/mol. The Morgan fingerprint density at radius 2 is 0.419 bits per heavy atom. The van der Waals surface area contributed by atoms with E-state index in [9.17, 15) is 43.2 Å². The summed E-state index contributed by atoms with van der Waals surface area (Å²) >= 11 is 0. The molecular formula is C18H29K3O22. The quantitative estimate of drug-likeness (QED) is 0.0701. The Labute approximate surface area is 366 Å². The Balaban J connectivity index is -0.0000000864. The van der Waals surface area contributed by atoms with Crippen LogP contribution in [0.4, 0.5) is 0 Å². The monoisotopic (exact) mass is 714 g/mol. The van der Waals surface area contributed by atoms with Gasteiger partial charge in [-0.3, -0.25) is 28.8 Å². The number of carbonyl (C=O) groups is 9. The molecule has 0 unspecified atom stereocenters. The average molecular weight is 715 g/mol. The minimum absolute atomic E-state index is 0. The number of carboxylic acids is 9. The fourth-order valence-electron chi connectivity index (χ4n) is 2.14. The second kappa shape index (κ2) is 27.1. The van der Waals surface area contributed by atoms with Crippen molar-refractivity contribution in [2.45, 2.75) is 55.3 Å². The first-order valence-electron chi connectivity index (χ1n) is 9.51. The third-order valence-corrected chi connectivity index (χ3v) is 3.86. The van der Waals surface area contributed by atoms with Crippen LogP contribution in [-0.2, 0) is 43.2 Å². The predicted molar refractivity (Wildman–Crippen MR) is 136 cm³/mol. The molecule has 0 saturated carbocycles. The molecule has 0 aliphatic carbocycles. The first-order valence-corrected chi connectivity index (χ1v) is 9.51. The topological polar surface area (TPSA) is 428 Å². The molecule has 0 aliphatic heterocycles. The fraction of sp³-hybridized carbons (Fsp3) is 0.500. The zero-order valence-electron chi connectivity index (χ0n) is 19.8. The van der Waals surface area contributed by atoms with Crippen LogP contribution < -0.4 is 0 Å². The van der Waals surface area contributed by atoms with Crippen LogP contribution in [-0.4, -0.2) is 291 Å². The summed E-state index contributed by atoms with van der Waals surface area (Å²) < 4.78 is 0. The van der Waals surface area contributed by atoms with Gasteiger partial charge in [0.05, 0.1) is 38.5 Å². The van der Waals surface area contributed by atoms with Crippen molar-refractivity contribution in [2.75, 3.05) is 0 Å². The first-order chi connectivity index (χ1) is 17.3. The Morgan fingerprint density at radius 1 is 0.326 bits per heavy atom. The molecule has 0 amide bonds. The zero-order chi connectivity index (χ0) is 31.9. The van der Waals surface area contributed by atoms with Crippen LogP contribution >= 0.6 is 0 Å². The molecule has 0 aromatic carbocycles. The van der Waals surface area contributed by atoms with Crippen molar-refractivity contribution in [3.8, 4) is 0 Å². The molecule has 0 saturated heterocycles. The van der Waals surface area contributed by atoms with E-state index in [0.29, 0.717) is 0 Å². The zero-order valence-corrected chi connectivity index (χ0v) is 19.8. The molecule has 0 aromatic heterocycles. The van der Waals surface area contributed by atoms with Crippen molar-refractivity contribution in [2.24, 2.45) is 0 Å². The molecule has 25 heteroatoms. The maximum atomic E-state index is 10.3. The number of aliphatic hydroxyl groups is 3. The molecule has 22 nitrogen and oxygen atoms in total.